The van der Waals surface area contributed by atoms with Crippen LogP contribution in [0.15, 0.2) is 182 Å². The Balaban J connectivity index is 1.13. The van der Waals surface area contributed by atoms with Gasteiger partial charge >= 0.3 is 0 Å². The van der Waals surface area contributed by atoms with Crippen LogP contribution in [0.5, 0.6) is 5.75 Å². The molecular weight excluding hydrogens is 777 g/mol. The normalized spacial score (nSPS) is 19.0. The fraction of sp³-hybridized carbons (Fsp3) is 0.222. The summed E-state index contributed by atoms with van der Waals surface area (Å²) in [6, 6.07) is 62.9. The number of fused-ring (bicyclic) bond motifs is 2. The number of hydrogen-bond acceptors (Lipinski definition) is 7. The predicted octanol–water partition coefficient (Wildman–Crippen LogP) is 12.1. The zero-order chi connectivity index (χ0) is 41.2. The molecule has 0 aliphatic carbocycles. The number of thiophene rings is 1. The lowest BCUT2D eigenvalue weighted by Crippen LogP contribution is -2.58. The molecule has 0 N–H and O–H groups in total. The summed E-state index contributed by atoms with van der Waals surface area (Å²) in [7, 11) is 1.71. The minimum atomic E-state index is -0.550. The Morgan fingerprint density at radius 3 is 1.67 bits per heavy atom. The van der Waals surface area contributed by atoms with Crippen LogP contribution in [0, 0.1) is 0 Å². The lowest BCUT2D eigenvalue weighted by atomic mass is 9.87. The van der Waals surface area contributed by atoms with Gasteiger partial charge in [0.2, 0.25) is 0 Å². The Labute approximate surface area is 362 Å². The average Bonchev–Trinajstić information content (AvgIpc) is 3.72. The molecule has 1 aliphatic rings. The van der Waals surface area contributed by atoms with Crippen molar-refractivity contribution < 1.29 is 28.4 Å². The molecule has 2 heterocycles. The highest BCUT2D eigenvalue weighted by Crippen LogP contribution is 2.42. The van der Waals surface area contributed by atoms with Gasteiger partial charge in [0.05, 0.1) is 40.1 Å². The molecule has 8 aromatic rings. The summed E-state index contributed by atoms with van der Waals surface area (Å²) < 4.78 is 41.9. The van der Waals surface area contributed by atoms with Crippen LogP contribution in [0.3, 0.4) is 0 Å². The van der Waals surface area contributed by atoms with Crippen LogP contribution < -0.4 is 4.74 Å². The van der Waals surface area contributed by atoms with Crippen molar-refractivity contribution in [2.45, 2.75) is 63.4 Å². The molecule has 61 heavy (non-hydrogen) atoms. The second-order valence-electron chi connectivity index (χ2n) is 15.6. The first-order chi connectivity index (χ1) is 30.2. The predicted molar refractivity (Wildman–Crippen MR) is 244 cm³/mol. The average molecular weight is 827 g/mol. The van der Waals surface area contributed by atoms with E-state index in [9.17, 15) is 0 Å². The molecule has 6 nitrogen and oxygen atoms in total. The van der Waals surface area contributed by atoms with Crippen LogP contribution in [-0.2, 0) is 56.5 Å². The fourth-order valence-electron chi connectivity index (χ4n) is 8.27. The van der Waals surface area contributed by atoms with Crippen molar-refractivity contribution in [2.24, 2.45) is 0 Å². The van der Waals surface area contributed by atoms with Crippen LogP contribution >= 0.6 is 11.3 Å². The number of benzene rings is 7. The highest BCUT2D eigenvalue weighted by molar-refractivity contribution is 7.19. The van der Waals surface area contributed by atoms with Crippen LogP contribution in [0.25, 0.3) is 20.9 Å². The Bertz CT molecular complexity index is 2600. The molecule has 7 heteroatoms. The molecule has 9 rings (SSSR count). The smallest absolute Gasteiger partial charge is 0.119 e. The van der Waals surface area contributed by atoms with E-state index in [0.717, 1.165) is 50.8 Å². The van der Waals surface area contributed by atoms with Gasteiger partial charge in [0.25, 0.3) is 0 Å². The van der Waals surface area contributed by atoms with Crippen LogP contribution in [0.4, 0.5) is 0 Å². The van der Waals surface area contributed by atoms with Gasteiger partial charge in [-0.2, -0.15) is 0 Å². The van der Waals surface area contributed by atoms with Gasteiger partial charge in [-0.3, -0.25) is 0 Å². The van der Waals surface area contributed by atoms with Crippen molar-refractivity contribution in [2.75, 3.05) is 13.7 Å². The van der Waals surface area contributed by atoms with E-state index in [-0.39, 0.29) is 0 Å². The zero-order valence-corrected chi connectivity index (χ0v) is 35.1. The summed E-state index contributed by atoms with van der Waals surface area (Å²) in [5.74, 6) is 0.859. The van der Waals surface area contributed by atoms with Crippen molar-refractivity contribution in [1.82, 2.24) is 0 Å². The van der Waals surface area contributed by atoms with Crippen molar-refractivity contribution in [3.63, 3.8) is 0 Å². The van der Waals surface area contributed by atoms with Crippen molar-refractivity contribution in [1.29, 1.82) is 0 Å². The SMILES string of the molecule is COc1ccc2sc(Cc3cc(C4O[C@H](COCc5ccccc5)[C@H](OCc5ccccc5)[C@H](OCc5ccccc5)[C@@H]4OCc4ccccc4)c4ccccc4c3)cc2c1. The van der Waals surface area contributed by atoms with Crippen molar-refractivity contribution >= 4 is 32.2 Å². The zero-order valence-electron chi connectivity index (χ0n) is 34.3. The molecule has 0 amide bonds. The number of rotatable bonds is 17. The van der Waals surface area contributed by atoms with Crippen LogP contribution in [-0.4, -0.2) is 38.1 Å². The van der Waals surface area contributed by atoms with Gasteiger partial charge in [0, 0.05) is 16.0 Å². The van der Waals surface area contributed by atoms with E-state index in [0.29, 0.717) is 33.0 Å². The molecule has 7 aromatic carbocycles. The summed E-state index contributed by atoms with van der Waals surface area (Å²) in [5.41, 5.74) is 6.54. The largest absolute Gasteiger partial charge is 0.497 e. The molecule has 0 saturated carbocycles. The molecule has 1 aliphatic heterocycles. The molecule has 1 fully saturated rings. The topological polar surface area (TPSA) is 55.4 Å². The van der Waals surface area contributed by atoms with Gasteiger partial charge < -0.3 is 28.4 Å². The van der Waals surface area contributed by atoms with Gasteiger partial charge in [0.15, 0.2) is 0 Å². The van der Waals surface area contributed by atoms with Crippen molar-refractivity contribution in [3.05, 3.63) is 220 Å². The maximum absolute atomic E-state index is 7.42. The van der Waals surface area contributed by atoms with Gasteiger partial charge in [-0.15, -0.1) is 11.3 Å². The third kappa shape index (κ3) is 10.1. The molecule has 0 radical (unpaired) electrons. The maximum Gasteiger partial charge on any atom is 0.119 e. The molecule has 1 saturated heterocycles. The molecule has 1 unspecified atom stereocenters. The highest BCUT2D eigenvalue weighted by Gasteiger charge is 2.49. The number of methoxy groups -OCH3 is 1. The first-order valence-electron chi connectivity index (χ1n) is 21.0. The van der Waals surface area contributed by atoms with E-state index in [2.05, 4.69) is 103 Å². The third-order valence-electron chi connectivity index (χ3n) is 11.3. The van der Waals surface area contributed by atoms with Crippen LogP contribution in [0.2, 0.25) is 0 Å². The summed E-state index contributed by atoms with van der Waals surface area (Å²) >= 11 is 1.82. The molecule has 1 aromatic heterocycles. The second-order valence-corrected chi connectivity index (χ2v) is 16.7. The first kappa shape index (κ1) is 40.7. The summed E-state index contributed by atoms with van der Waals surface area (Å²) in [5, 5.41) is 3.44. The standard InChI is InChI=1S/C54H50O6S/c1-55-45-26-27-50-44(31-45)32-46(61-50)29-42-28-43-24-14-15-25-47(43)48(30-42)51-53(58-35-40-20-10-4-11-21-40)54(59-36-41-22-12-5-13-23-41)52(57-34-39-18-8-3-9-19-39)49(60-51)37-56-33-38-16-6-2-7-17-38/h2-28,30-32,49,51-54H,29,33-37H2,1H3/t49-,51?,52+,53-,54+/m1/s1. The summed E-state index contributed by atoms with van der Waals surface area (Å²) in [6.07, 6.45) is -1.86. The minimum Gasteiger partial charge on any atom is -0.497 e. The Hall–Kier alpha value is -5.64. The molecule has 0 spiro atoms. The van der Waals surface area contributed by atoms with E-state index < -0.39 is 30.5 Å². The van der Waals surface area contributed by atoms with E-state index in [1.807, 2.05) is 90.2 Å². The van der Waals surface area contributed by atoms with E-state index >= 15 is 0 Å². The Morgan fingerprint density at radius 2 is 1.05 bits per heavy atom. The number of hydrogen-bond donors (Lipinski definition) is 0. The summed E-state index contributed by atoms with van der Waals surface area (Å²) in [4.78, 5) is 1.27. The molecule has 308 valence electrons. The first-order valence-corrected chi connectivity index (χ1v) is 21.8. The number of ether oxygens (including phenoxy) is 6. The molecule has 5 atom stereocenters. The van der Waals surface area contributed by atoms with Gasteiger partial charge in [-0.25, -0.2) is 0 Å². The molecular formula is C54H50O6S. The lowest BCUT2D eigenvalue weighted by Gasteiger charge is -2.46. The molecule has 0 bridgehead atoms. The van der Waals surface area contributed by atoms with Gasteiger partial charge in [-0.05, 0) is 73.8 Å². The summed E-state index contributed by atoms with van der Waals surface area (Å²) in [6.45, 7) is 1.87. The van der Waals surface area contributed by atoms with Gasteiger partial charge in [-0.1, -0.05) is 158 Å². The fourth-order valence-corrected chi connectivity index (χ4v) is 9.35. The second kappa shape index (κ2) is 19.8. The van der Waals surface area contributed by atoms with E-state index in [1.165, 1.54) is 20.5 Å². The van der Waals surface area contributed by atoms with E-state index in [4.69, 9.17) is 28.4 Å². The Kier molecular flexibility index (Phi) is 13.2. The Morgan fingerprint density at radius 1 is 0.492 bits per heavy atom. The third-order valence-corrected chi connectivity index (χ3v) is 12.4. The van der Waals surface area contributed by atoms with Gasteiger partial charge in [0.1, 0.15) is 36.3 Å². The monoisotopic (exact) mass is 826 g/mol. The minimum absolute atomic E-state index is 0.296. The lowest BCUT2D eigenvalue weighted by molar-refractivity contribution is -0.274. The van der Waals surface area contributed by atoms with Crippen LogP contribution in [0.1, 0.15) is 44.4 Å². The van der Waals surface area contributed by atoms with E-state index in [1.54, 1.807) is 7.11 Å². The van der Waals surface area contributed by atoms with Crippen molar-refractivity contribution in [3.8, 4) is 5.75 Å². The highest BCUT2D eigenvalue weighted by atomic mass is 32.1. The quantitative estimate of drug-likeness (QED) is 0.0911. The maximum atomic E-state index is 7.42.